The van der Waals surface area contributed by atoms with Gasteiger partial charge in [-0.3, -0.25) is 20.4 Å². The maximum absolute atomic E-state index is 12.4. The number of carboxylic acid groups (broad SMARTS) is 1. The lowest BCUT2D eigenvalue weighted by atomic mass is 10.1. The van der Waals surface area contributed by atoms with E-state index in [1.807, 2.05) is 5.43 Å². The fraction of sp³-hybridized carbons (Fsp3) is 0.211. The molecule has 3 rings (SSSR count). The Labute approximate surface area is 186 Å². The van der Waals surface area contributed by atoms with Crippen molar-refractivity contribution in [3.05, 3.63) is 47.2 Å². The highest BCUT2D eigenvalue weighted by molar-refractivity contribution is 5.97. The number of amides is 2. The second kappa shape index (κ2) is 10.1. The highest BCUT2D eigenvalue weighted by Gasteiger charge is 2.21. The van der Waals surface area contributed by atoms with Crippen LogP contribution in [0.1, 0.15) is 28.9 Å². The largest absolute Gasteiger partial charge is 0.480 e. The number of nitrogens with one attached hydrogen (secondary N) is 5. The Morgan fingerprint density at radius 2 is 1.91 bits per heavy atom. The van der Waals surface area contributed by atoms with E-state index in [0.717, 1.165) is 0 Å². The van der Waals surface area contributed by atoms with E-state index in [1.54, 1.807) is 12.1 Å². The van der Waals surface area contributed by atoms with E-state index in [4.69, 9.17) is 17.0 Å². The zero-order valence-corrected chi connectivity index (χ0v) is 17.3. The monoisotopic (exact) mass is 454 g/mol. The summed E-state index contributed by atoms with van der Waals surface area (Å²) in [5, 5.41) is 22.6. The number of hydrogen-bond acceptors (Lipinski definition) is 10. The van der Waals surface area contributed by atoms with Crippen LogP contribution in [-0.2, 0) is 16.1 Å². The van der Waals surface area contributed by atoms with E-state index in [1.165, 1.54) is 18.3 Å². The molecule has 1 atom stereocenters. The zero-order valence-electron chi connectivity index (χ0n) is 17.3. The van der Waals surface area contributed by atoms with Crippen LogP contribution in [0.25, 0.3) is 11.2 Å². The van der Waals surface area contributed by atoms with Crippen molar-refractivity contribution in [3.8, 4) is 0 Å². The third-order valence-corrected chi connectivity index (χ3v) is 4.56. The molecular formula is C19H22N10O4. The van der Waals surface area contributed by atoms with Crippen LogP contribution in [0.4, 0.5) is 11.6 Å². The van der Waals surface area contributed by atoms with E-state index in [-0.39, 0.29) is 41.0 Å². The number of hydrazine groups is 1. The standard InChI is InChI=1S/C19H22N10O4/c20-15-14-16(28-19(21)27-15)24-8-11(25-14)7-23-10-3-1-9(2-4-10)17(31)26-12(18(32)33)5-6-13(30)29-22/h1-4,8,12,23H,5-7,22H2,(H,26,31)(H,29,30)(H,32,33)(H4,20,21,24,27,28)/t12-/m0/s1. The van der Waals surface area contributed by atoms with Gasteiger partial charge >= 0.3 is 5.97 Å². The molecule has 0 spiro atoms. The molecule has 172 valence electrons. The van der Waals surface area contributed by atoms with Crippen LogP contribution in [0.2, 0.25) is 0 Å². The zero-order chi connectivity index (χ0) is 24.0. The van der Waals surface area contributed by atoms with E-state index in [9.17, 15) is 19.5 Å². The van der Waals surface area contributed by atoms with Crippen molar-refractivity contribution in [2.24, 2.45) is 5.84 Å². The highest BCUT2D eigenvalue weighted by atomic mass is 16.4. The number of aliphatic carboxylic acids is 1. The topological polar surface area (TPSA) is 238 Å². The van der Waals surface area contributed by atoms with Crippen molar-refractivity contribution in [2.75, 3.05) is 11.1 Å². The fourth-order valence-corrected chi connectivity index (χ4v) is 2.86. The average molecular weight is 454 g/mol. The van der Waals surface area contributed by atoms with Crippen LogP contribution < -0.4 is 33.1 Å². The summed E-state index contributed by atoms with van der Waals surface area (Å²) in [6, 6.07) is 5.11. The number of hydrogen-bond donors (Lipinski definition) is 8. The molecule has 14 nitrogen and oxygen atoms in total. The Hall–Kier alpha value is -4.59. The Bertz CT molecular complexity index is 1240. The van der Waals surface area contributed by atoms with Crippen molar-refractivity contribution in [1.82, 2.24) is 30.7 Å². The first-order valence-corrected chi connectivity index (χ1v) is 9.70. The van der Waals surface area contributed by atoms with Gasteiger partial charge in [-0.1, -0.05) is 0 Å². The van der Waals surface area contributed by atoms with Gasteiger partial charge in [0.25, 0.3) is 5.91 Å². The molecule has 10 N–H and O–H groups in total. The third kappa shape index (κ3) is 5.98. The number of aromatic amines is 1. The molecule has 0 bridgehead atoms. The number of benzene rings is 1. The lowest BCUT2D eigenvalue weighted by Crippen LogP contribution is -2.42. The Morgan fingerprint density at radius 3 is 2.58 bits per heavy atom. The second-order valence-electron chi connectivity index (χ2n) is 6.93. The van der Waals surface area contributed by atoms with Gasteiger partial charge in [0, 0.05) is 17.7 Å². The molecule has 0 aliphatic heterocycles. The summed E-state index contributed by atoms with van der Waals surface area (Å²) in [5.41, 5.74) is 9.51. The van der Waals surface area contributed by atoms with E-state index >= 15 is 0 Å². The van der Waals surface area contributed by atoms with Crippen molar-refractivity contribution in [3.63, 3.8) is 0 Å². The molecular weight excluding hydrogens is 432 g/mol. The number of carbonyl (C=O) groups excluding carboxylic acids is 2. The summed E-state index contributed by atoms with van der Waals surface area (Å²) in [6.45, 7) is 0.294. The van der Waals surface area contributed by atoms with Crippen LogP contribution in [0.5, 0.6) is 0 Å². The minimum atomic E-state index is -1.26. The summed E-state index contributed by atoms with van der Waals surface area (Å²) in [4.78, 5) is 50.0. The van der Waals surface area contributed by atoms with Gasteiger partial charge in [-0.2, -0.15) is 4.98 Å². The number of nitrogens with two attached hydrogens (primary N) is 2. The van der Waals surface area contributed by atoms with Gasteiger partial charge in [-0.05, 0) is 30.7 Å². The number of rotatable bonds is 9. The van der Waals surface area contributed by atoms with Crippen molar-refractivity contribution >= 4 is 40.6 Å². The number of carbonyl (C=O) groups is 3. The third-order valence-electron chi connectivity index (χ3n) is 4.56. The molecule has 2 amide bonds. The summed E-state index contributed by atoms with van der Waals surface area (Å²) < 4.78 is 0. The van der Waals surface area contributed by atoms with Crippen molar-refractivity contribution in [1.29, 1.82) is 5.41 Å². The lowest BCUT2D eigenvalue weighted by molar-refractivity contribution is -0.139. The smallest absolute Gasteiger partial charge is 0.326 e. The molecule has 2 heterocycles. The van der Waals surface area contributed by atoms with Crippen molar-refractivity contribution < 1.29 is 19.5 Å². The van der Waals surface area contributed by atoms with Crippen LogP contribution in [0.15, 0.2) is 30.5 Å². The average Bonchev–Trinajstić information content (AvgIpc) is 2.80. The number of nitrogens with zero attached hydrogens (tertiary/aromatic N) is 3. The van der Waals surface area contributed by atoms with Crippen LogP contribution in [-0.4, -0.2) is 48.9 Å². The minimum Gasteiger partial charge on any atom is -0.480 e. The first-order valence-electron chi connectivity index (χ1n) is 9.70. The molecule has 0 saturated carbocycles. The van der Waals surface area contributed by atoms with Crippen molar-refractivity contribution in [2.45, 2.75) is 25.4 Å². The molecule has 2 aromatic heterocycles. The molecule has 1 aromatic carbocycles. The molecule has 0 aliphatic carbocycles. The molecule has 0 radical (unpaired) electrons. The maximum Gasteiger partial charge on any atom is 0.326 e. The SMILES string of the molecule is N=c1[nH]c(N)nc2ncc(CNc3ccc(C(=O)N[C@@H](CCC(=O)NN)C(=O)O)cc3)nc12. The van der Waals surface area contributed by atoms with Crippen LogP contribution in [0.3, 0.4) is 0 Å². The quantitative estimate of drug-likeness (QED) is 0.111. The number of fused-ring (bicyclic) bond motifs is 1. The number of carboxylic acids is 1. The van der Waals surface area contributed by atoms with E-state index in [2.05, 4.69) is 30.6 Å². The number of H-pyrrole nitrogens is 1. The van der Waals surface area contributed by atoms with Gasteiger partial charge < -0.3 is 26.5 Å². The number of anilines is 2. The first-order chi connectivity index (χ1) is 15.8. The molecule has 0 unspecified atom stereocenters. The molecule has 0 saturated heterocycles. The lowest BCUT2D eigenvalue weighted by Gasteiger charge is -2.14. The number of aromatic nitrogens is 4. The maximum atomic E-state index is 12.4. The molecule has 3 aromatic rings. The number of nitrogen functional groups attached to an aromatic ring is 1. The highest BCUT2D eigenvalue weighted by Crippen LogP contribution is 2.12. The summed E-state index contributed by atoms with van der Waals surface area (Å²) in [7, 11) is 0. The Kier molecular flexibility index (Phi) is 7.10. The predicted octanol–water partition coefficient (Wildman–Crippen LogP) is -1.02. The second-order valence-corrected chi connectivity index (χ2v) is 6.93. The summed E-state index contributed by atoms with van der Waals surface area (Å²) in [6.07, 6.45) is 1.27. The van der Waals surface area contributed by atoms with Gasteiger partial charge in [0.1, 0.15) is 6.04 Å². The fourth-order valence-electron chi connectivity index (χ4n) is 2.86. The normalized spacial score (nSPS) is 11.5. The van der Waals surface area contributed by atoms with Gasteiger partial charge in [0.05, 0.1) is 18.4 Å². The van der Waals surface area contributed by atoms with Gasteiger partial charge in [-0.15, -0.1) is 0 Å². The molecule has 33 heavy (non-hydrogen) atoms. The van der Waals surface area contributed by atoms with Crippen LogP contribution >= 0.6 is 0 Å². The predicted molar refractivity (Wildman–Crippen MR) is 116 cm³/mol. The minimum absolute atomic E-state index is 0.00513. The van der Waals surface area contributed by atoms with E-state index in [0.29, 0.717) is 17.9 Å². The molecule has 0 aliphatic rings. The Balaban J connectivity index is 1.61. The summed E-state index contributed by atoms with van der Waals surface area (Å²) in [5.74, 6) is 2.68. The van der Waals surface area contributed by atoms with Crippen LogP contribution in [0, 0.1) is 5.41 Å². The summed E-state index contributed by atoms with van der Waals surface area (Å²) >= 11 is 0. The van der Waals surface area contributed by atoms with E-state index < -0.39 is 23.8 Å². The van der Waals surface area contributed by atoms with Gasteiger partial charge in [-0.25, -0.2) is 20.6 Å². The first kappa shape index (κ1) is 23.1. The Morgan fingerprint density at radius 1 is 1.18 bits per heavy atom. The van der Waals surface area contributed by atoms with Gasteiger partial charge in [0.15, 0.2) is 16.7 Å². The molecule has 14 heteroatoms. The molecule has 0 fully saturated rings. The van der Waals surface area contributed by atoms with Gasteiger partial charge in [0.2, 0.25) is 11.9 Å².